The Morgan fingerprint density at radius 3 is 2.36 bits per heavy atom. The summed E-state index contributed by atoms with van der Waals surface area (Å²) in [5, 5.41) is 12.3. The number of carboxylic acid groups (broad SMARTS) is 1. The Bertz CT molecular complexity index is 910. The average molecular weight is 338 g/mol. The standard InChI is InChI=1S/C19H18N2O4/c22-17-8-7-16(20-17)12-3-1-11(2-4-12)13-9-15(19(24)25)18(23)21(10-13)14-5-6-14/h1-4,9-10,14,16H,5-8H2,(H,20,22)(H,24,25). The largest absolute Gasteiger partial charge is 0.477 e. The van der Waals surface area contributed by atoms with Crippen LogP contribution in [0.3, 0.4) is 0 Å². The van der Waals surface area contributed by atoms with Gasteiger partial charge >= 0.3 is 5.97 Å². The Morgan fingerprint density at radius 1 is 1.08 bits per heavy atom. The first-order chi connectivity index (χ1) is 12.0. The quantitative estimate of drug-likeness (QED) is 0.896. The van der Waals surface area contributed by atoms with Crippen molar-refractivity contribution in [2.24, 2.45) is 0 Å². The van der Waals surface area contributed by atoms with E-state index in [2.05, 4.69) is 5.32 Å². The van der Waals surface area contributed by atoms with Crippen LogP contribution >= 0.6 is 0 Å². The maximum Gasteiger partial charge on any atom is 0.341 e. The molecule has 6 nitrogen and oxygen atoms in total. The zero-order valence-electron chi connectivity index (χ0n) is 13.6. The lowest BCUT2D eigenvalue weighted by Crippen LogP contribution is -2.25. The smallest absolute Gasteiger partial charge is 0.341 e. The molecule has 0 bridgehead atoms. The molecule has 4 rings (SSSR count). The van der Waals surface area contributed by atoms with E-state index >= 15 is 0 Å². The van der Waals surface area contributed by atoms with E-state index in [1.165, 1.54) is 6.07 Å². The van der Waals surface area contributed by atoms with E-state index in [0.717, 1.165) is 30.4 Å². The molecule has 6 heteroatoms. The number of rotatable bonds is 4. The summed E-state index contributed by atoms with van der Waals surface area (Å²) in [6.07, 6.45) is 4.89. The van der Waals surface area contributed by atoms with Gasteiger partial charge in [-0.15, -0.1) is 0 Å². The van der Waals surface area contributed by atoms with Gasteiger partial charge in [-0.1, -0.05) is 24.3 Å². The summed E-state index contributed by atoms with van der Waals surface area (Å²) in [6.45, 7) is 0. The topological polar surface area (TPSA) is 88.4 Å². The second kappa shape index (κ2) is 5.88. The van der Waals surface area contributed by atoms with E-state index < -0.39 is 11.5 Å². The van der Waals surface area contributed by atoms with Crippen molar-refractivity contribution in [2.75, 3.05) is 0 Å². The number of hydrogen-bond donors (Lipinski definition) is 2. The molecule has 1 saturated carbocycles. The minimum Gasteiger partial charge on any atom is -0.477 e. The SMILES string of the molecule is O=C1CCC(c2ccc(-c3cc(C(=O)O)c(=O)n(C4CC4)c3)cc2)N1. The van der Waals surface area contributed by atoms with Gasteiger partial charge in [0.15, 0.2) is 0 Å². The van der Waals surface area contributed by atoms with Crippen LogP contribution in [0, 0.1) is 0 Å². The average Bonchev–Trinajstić information content (AvgIpc) is 3.36. The highest BCUT2D eigenvalue weighted by Crippen LogP contribution is 2.35. The zero-order valence-corrected chi connectivity index (χ0v) is 13.6. The lowest BCUT2D eigenvalue weighted by Gasteiger charge is -2.13. The van der Waals surface area contributed by atoms with E-state index in [9.17, 15) is 19.5 Å². The predicted octanol–water partition coefficient (Wildman–Crippen LogP) is 2.50. The van der Waals surface area contributed by atoms with Gasteiger partial charge in [0.25, 0.3) is 5.56 Å². The number of aromatic nitrogens is 1. The molecule has 2 heterocycles. The molecule has 1 saturated heterocycles. The number of aromatic carboxylic acids is 1. The summed E-state index contributed by atoms with van der Waals surface area (Å²) < 4.78 is 1.55. The minimum absolute atomic E-state index is 0.0385. The molecule has 1 aromatic heterocycles. The van der Waals surface area contributed by atoms with Crippen molar-refractivity contribution in [2.45, 2.75) is 37.8 Å². The van der Waals surface area contributed by atoms with Gasteiger partial charge in [-0.25, -0.2) is 4.79 Å². The number of amides is 1. The van der Waals surface area contributed by atoms with E-state index in [-0.39, 0.29) is 23.6 Å². The molecule has 1 unspecified atom stereocenters. The van der Waals surface area contributed by atoms with Gasteiger partial charge in [-0.3, -0.25) is 9.59 Å². The highest BCUT2D eigenvalue weighted by atomic mass is 16.4. The first kappa shape index (κ1) is 15.6. The fourth-order valence-electron chi connectivity index (χ4n) is 3.31. The van der Waals surface area contributed by atoms with Crippen molar-refractivity contribution >= 4 is 11.9 Å². The second-order valence-corrected chi connectivity index (χ2v) is 6.67. The first-order valence-corrected chi connectivity index (χ1v) is 8.42. The number of hydrogen-bond acceptors (Lipinski definition) is 3. The van der Waals surface area contributed by atoms with Gasteiger partial charge in [0, 0.05) is 18.7 Å². The Balaban J connectivity index is 1.70. The number of carbonyl (C=O) groups excluding carboxylic acids is 1. The number of carbonyl (C=O) groups is 2. The maximum absolute atomic E-state index is 12.3. The summed E-state index contributed by atoms with van der Waals surface area (Å²) in [5.74, 6) is -1.14. The Kier molecular flexibility index (Phi) is 3.67. The van der Waals surface area contributed by atoms with E-state index in [4.69, 9.17) is 0 Å². The summed E-state index contributed by atoms with van der Waals surface area (Å²) in [4.78, 5) is 35.0. The van der Waals surface area contributed by atoms with Crippen LogP contribution in [0.2, 0.25) is 0 Å². The van der Waals surface area contributed by atoms with Crippen molar-refractivity contribution < 1.29 is 14.7 Å². The molecular weight excluding hydrogens is 320 g/mol. The molecule has 2 N–H and O–H groups in total. The van der Waals surface area contributed by atoms with E-state index in [1.54, 1.807) is 10.8 Å². The van der Waals surface area contributed by atoms with Gasteiger partial charge < -0.3 is 15.0 Å². The number of carboxylic acids is 1. The second-order valence-electron chi connectivity index (χ2n) is 6.67. The molecule has 1 amide bonds. The molecule has 2 aromatic rings. The van der Waals surface area contributed by atoms with Gasteiger partial charge in [-0.05, 0) is 42.0 Å². The van der Waals surface area contributed by atoms with Gasteiger partial charge in [0.2, 0.25) is 5.91 Å². The summed E-state index contributed by atoms with van der Waals surface area (Å²) >= 11 is 0. The molecule has 2 fully saturated rings. The molecule has 1 aliphatic carbocycles. The van der Waals surface area contributed by atoms with Crippen molar-refractivity contribution in [1.82, 2.24) is 9.88 Å². The normalized spacial score (nSPS) is 19.7. The Hall–Kier alpha value is -2.89. The highest BCUT2D eigenvalue weighted by molar-refractivity contribution is 5.89. The number of benzene rings is 1. The lowest BCUT2D eigenvalue weighted by atomic mass is 10.00. The van der Waals surface area contributed by atoms with Gasteiger partial charge in [-0.2, -0.15) is 0 Å². The zero-order chi connectivity index (χ0) is 17.6. The Morgan fingerprint density at radius 2 is 1.80 bits per heavy atom. The Labute approximate surface area is 144 Å². The van der Waals surface area contributed by atoms with Gasteiger partial charge in [0.05, 0.1) is 6.04 Å². The number of nitrogens with zero attached hydrogens (tertiary/aromatic N) is 1. The molecule has 1 atom stereocenters. The van der Waals surface area contributed by atoms with Crippen LogP contribution in [0.5, 0.6) is 0 Å². The summed E-state index contributed by atoms with van der Waals surface area (Å²) in [5.41, 5.74) is 1.96. The van der Waals surface area contributed by atoms with E-state index in [1.807, 2.05) is 24.3 Å². The van der Waals surface area contributed by atoms with Crippen LogP contribution in [0.15, 0.2) is 41.3 Å². The molecular formula is C19H18N2O4. The fourth-order valence-corrected chi connectivity index (χ4v) is 3.31. The van der Waals surface area contributed by atoms with Crippen LogP contribution in [-0.4, -0.2) is 21.6 Å². The molecule has 1 aromatic carbocycles. The molecule has 1 aliphatic heterocycles. The molecule has 0 spiro atoms. The molecule has 0 radical (unpaired) electrons. The third kappa shape index (κ3) is 2.95. The van der Waals surface area contributed by atoms with Crippen LogP contribution < -0.4 is 10.9 Å². The third-order valence-electron chi connectivity index (χ3n) is 4.86. The van der Waals surface area contributed by atoms with Crippen LogP contribution in [-0.2, 0) is 4.79 Å². The van der Waals surface area contributed by atoms with Crippen molar-refractivity contribution in [3.63, 3.8) is 0 Å². The summed E-state index contributed by atoms with van der Waals surface area (Å²) in [6, 6.07) is 9.29. The van der Waals surface area contributed by atoms with Crippen LogP contribution in [0.1, 0.15) is 53.7 Å². The van der Waals surface area contributed by atoms with E-state index in [0.29, 0.717) is 12.0 Å². The summed E-state index contributed by atoms with van der Waals surface area (Å²) in [7, 11) is 0. The molecule has 25 heavy (non-hydrogen) atoms. The lowest BCUT2D eigenvalue weighted by molar-refractivity contribution is -0.119. The first-order valence-electron chi connectivity index (χ1n) is 8.42. The fraction of sp³-hybridized carbons (Fsp3) is 0.316. The van der Waals surface area contributed by atoms with Gasteiger partial charge in [0.1, 0.15) is 5.56 Å². The van der Waals surface area contributed by atoms with Crippen molar-refractivity contribution in [3.05, 3.63) is 58.0 Å². The molecule has 2 aliphatic rings. The molecule has 128 valence electrons. The highest BCUT2D eigenvalue weighted by Gasteiger charge is 2.27. The maximum atomic E-state index is 12.3. The van der Waals surface area contributed by atoms with Crippen LogP contribution in [0.4, 0.5) is 0 Å². The van der Waals surface area contributed by atoms with Crippen molar-refractivity contribution in [3.8, 4) is 11.1 Å². The number of pyridine rings is 1. The minimum atomic E-state index is -1.20. The monoisotopic (exact) mass is 338 g/mol. The third-order valence-corrected chi connectivity index (χ3v) is 4.86. The van der Waals surface area contributed by atoms with Crippen molar-refractivity contribution in [1.29, 1.82) is 0 Å². The predicted molar refractivity (Wildman–Crippen MR) is 91.5 cm³/mol. The van der Waals surface area contributed by atoms with Crippen LogP contribution in [0.25, 0.3) is 11.1 Å². The number of nitrogens with one attached hydrogen (secondary N) is 1.